The minimum absolute atomic E-state index is 0.115. The predicted octanol–water partition coefficient (Wildman–Crippen LogP) is 3.63. The summed E-state index contributed by atoms with van der Waals surface area (Å²) in [6, 6.07) is 5.59. The number of fused-ring (bicyclic) bond motifs is 1. The largest absolute Gasteiger partial charge is 0.493 e. The van der Waals surface area contributed by atoms with E-state index in [0.717, 1.165) is 69.7 Å². The Morgan fingerprint density at radius 2 is 1.88 bits per heavy atom. The first-order valence-electron chi connectivity index (χ1n) is 8.96. The summed E-state index contributed by atoms with van der Waals surface area (Å²) in [7, 11) is 0. The van der Waals surface area contributed by atoms with Crippen LogP contribution in [0.25, 0.3) is 0 Å². The predicted molar refractivity (Wildman–Crippen MR) is 92.6 cm³/mol. The van der Waals surface area contributed by atoms with Crippen molar-refractivity contribution in [3.63, 3.8) is 0 Å². The van der Waals surface area contributed by atoms with Crippen LogP contribution in [0, 0.1) is 5.41 Å². The molecule has 2 fully saturated rings. The Morgan fingerprint density at radius 3 is 2.62 bits per heavy atom. The number of rotatable bonds is 1. The van der Waals surface area contributed by atoms with Crippen LogP contribution >= 0.6 is 11.6 Å². The summed E-state index contributed by atoms with van der Waals surface area (Å²) in [6.07, 6.45) is 5.23. The molecular formula is C19H24ClNO3. The normalized spacial score (nSPS) is 25.9. The molecule has 3 aliphatic rings. The summed E-state index contributed by atoms with van der Waals surface area (Å²) in [5.74, 6) is 0.932. The first kappa shape index (κ1) is 16.2. The van der Waals surface area contributed by atoms with E-state index in [1.807, 2.05) is 18.2 Å². The van der Waals surface area contributed by atoms with E-state index in [0.29, 0.717) is 17.0 Å². The molecule has 1 aromatic carbocycles. The zero-order valence-corrected chi connectivity index (χ0v) is 14.7. The van der Waals surface area contributed by atoms with Crippen molar-refractivity contribution in [2.75, 3.05) is 32.9 Å². The fraction of sp³-hybridized carbons (Fsp3) is 0.632. The van der Waals surface area contributed by atoms with E-state index in [-0.39, 0.29) is 11.8 Å². The summed E-state index contributed by atoms with van der Waals surface area (Å²) >= 11 is 6.14. The number of amides is 1. The summed E-state index contributed by atoms with van der Waals surface area (Å²) < 4.78 is 11.2. The highest BCUT2D eigenvalue weighted by molar-refractivity contribution is 6.30. The maximum atomic E-state index is 13.1. The maximum Gasteiger partial charge on any atom is 0.230 e. The average molecular weight is 350 g/mol. The van der Waals surface area contributed by atoms with Gasteiger partial charge in [-0.15, -0.1) is 0 Å². The fourth-order valence-corrected chi connectivity index (χ4v) is 4.53. The van der Waals surface area contributed by atoms with Crippen LogP contribution in [0.5, 0.6) is 5.75 Å². The van der Waals surface area contributed by atoms with E-state index in [2.05, 4.69) is 4.90 Å². The second-order valence-electron chi connectivity index (χ2n) is 7.31. The van der Waals surface area contributed by atoms with Gasteiger partial charge >= 0.3 is 0 Å². The van der Waals surface area contributed by atoms with Crippen molar-refractivity contribution < 1.29 is 14.3 Å². The Bertz CT molecular complexity index is 617. The van der Waals surface area contributed by atoms with E-state index in [9.17, 15) is 4.79 Å². The van der Waals surface area contributed by atoms with Gasteiger partial charge in [-0.25, -0.2) is 0 Å². The molecule has 0 aromatic heterocycles. The number of carbonyl (C=O) groups is 1. The molecule has 3 heterocycles. The van der Waals surface area contributed by atoms with Crippen molar-refractivity contribution in [3.05, 3.63) is 28.8 Å². The van der Waals surface area contributed by atoms with Crippen molar-refractivity contribution in [2.24, 2.45) is 5.41 Å². The molecule has 2 saturated heterocycles. The molecule has 1 amide bonds. The number of benzene rings is 1. The fourth-order valence-electron chi connectivity index (χ4n) is 4.35. The van der Waals surface area contributed by atoms with E-state index in [1.165, 1.54) is 0 Å². The number of carbonyl (C=O) groups excluding carboxylic acids is 1. The van der Waals surface area contributed by atoms with Gasteiger partial charge < -0.3 is 14.4 Å². The second-order valence-corrected chi connectivity index (χ2v) is 7.75. The number of ether oxygens (including phenoxy) is 2. The average Bonchev–Trinajstić information content (AvgIpc) is 2.62. The van der Waals surface area contributed by atoms with Crippen LogP contribution in [0.3, 0.4) is 0 Å². The van der Waals surface area contributed by atoms with Crippen molar-refractivity contribution in [1.29, 1.82) is 0 Å². The zero-order valence-electron chi connectivity index (χ0n) is 13.9. The molecule has 4 nitrogen and oxygen atoms in total. The molecular weight excluding hydrogens is 326 g/mol. The van der Waals surface area contributed by atoms with Gasteiger partial charge in [0.15, 0.2) is 0 Å². The van der Waals surface area contributed by atoms with E-state index < -0.39 is 0 Å². The monoisotopic (exact) mass is 349 g/mol. The molecule has 130 valence electrons. The molecule has 0 saturated carbocycles. The standard InChI is InChI=1S/C19H24ClNO3/c20-14-1-2-17-16(13-14)15(3-10-24-17)18(22)21-8-4-19(5-9-21)6-11-23-12-7-19/h1-2,13,15H,3-12H2. The topological polar surface area (TPSA) is 38.8 Å². The van der Waals surface area contributed by atoms with E-state index in [4.69, 9.17) is 21.1 Å². The van der Waals surface area contributed by atoms with Gasteiger partial charge in [-0.05, 0) is 55.7 Å². The first-order valence-corrected chi connectivity index (χ1v) is 9.34. The molecule has 0 aliphatic carbocycles. The smallest absolute Gasteiger partial charge is 0.230 e. The number of halogens is 1. The molecule has 0 N–H and O–H groups in total. The van der Waals surface area contributed by atoms with Crippen molar-refractivity contribution in [1.82, 2.24) is 4.90 Å². The molecule has 0 bridgehead atoms. The molecule has 0 radical (unpaired) electrons. The number of hydrogen-bond acceptors (Lipinski definition) is 3. The van der Waals surface area contributed by atoms with Crippen LogP contribution < -0.4 is 4.74 Å². The van der Waals surface area contributed by atoms with Gasteiger partial charge in [-0.1, -0.05) is 11.6 Å². The summed E-state index contributed by atoms with van der Waals surface area (Å²) in [4.78, 5) is 15.2. The number of hydrogen-bond donors (Lipinski definition) is 0. The molecule has 1 atom stereocenters. The van der Waals surface area contributed by atoms with Gasteiger partial charge in [0.05, 0.1) is 12.5 Å². The van der Waals surface area contributed by atoms with Crippen LogP contribution in [0.2, 0.25) is 5.02 Å². The van der Waals surface area contributed by atoms with Crippen LogP contribution in [-0.2, 0) is 9.53 Å². The lowest BCUT2D eigenvalue weighted by Gasteiger charge is -2.45. The van der Waals surface area contributed by atoms with Crippen molar-refractivity contribution >= 4 is 17.5 Å². The molecule has 1 spiro atoms. The number of likely N-dealkylation sites (tertiary alicyclic amines) is 1. The maximum absolute atomic E-state index is 13.1. The van der Waals surface area contributed by atoms with Gasteiger partial charge in [-0.2, -0.15) is 0 Å². The lowest BCUT2D eigenvalue weighted by atomic mass is 9.72. The summed E-state index contributed by atoms with van der Waals surface area (Å²) in [5, 5.41) is 0.664. The Labute approximate surface area is 148 Å². The molecule has 5 heteroatoms. The molecule has 1 aromatic rings. The highest BCUT2D eigenvalue weighted by atomic mass is 35.5. The van der Waals surface area contributed by atoms with Crippen molar-refractivity contribution in [2.45, 2.75) is 38.0 Å². The van der Waals surface area contributed by atoms with Gasteiger partial charge in [0.2, 0.25) is 5.91 Å². The SMILES string of the molecule is O=C(C1CCOc2ccc(Cl)cc21)N1CCC2(CCOCC2)CC1. The first-order chi connectivity index (χ1) is 11.7. The lowest BCUT2D eigenvalue weighted by Crippen LogP contribution is -2.47. The Kier molecular flexibility index (Phi) is 4.44. The van der Waals surface area contributed by atoms with E-state index in [1.54, 1.807) is 0 Å². The van der Waals surface area contributed by atoms with Crippen LogP contribution in [-0.4, -0.2) is 43.7 Å². The third-order valence-electron chi connectivity index (χ3n) is 6.00. The highest BCUT2D eigenvalue weighted by Gasteiger charge is 2.39. The Balaban J connectivity index is 1.47. The quantitative estimate of drug-likeness (QED) is 0.777. The molecule has 3 aliphatic heterocycles. The minimum Gasteiger partial charge on any atom is -0.493 e. The van der Waals surface area contributed by atoms with Gasteiger partial charge in [0, 0.05) is 36.9 Å². The van der Waals surface area contributed by atoms with Crippen molar-refractivity contribution in [3.8, 4) is 5.75 Å². The number of nitrogens with zero attached hydrogens (tertiary/aromatic N) is 1. The highest BCUT2D eigenvalue weighted by Crippen LogP contribution is 2.42. The van der Waals surface area contributed by atoms with Gasteiger partial charge in [0.1, 0.15) is 5.75 Å². The van der Waals surface area contributed by atoms with Gasteiger partial charge in [0.25, 0.3) is 0 Å². The zero-order chi connectivity index (χ0) is 16.6. The van der Waals surface area contributed by atoms with Crippen LogP contribution in [0.4, 0.5) is 0 Å². The van der Waals surface area contributed by atoms with E-state index >= 15 is 0 Å². The van der Waals surface area contributed by atoms with Crippen LogP contribution in [0.1, 0.15) is 43.6 Å². The minimum atomic E-state index is -0.115. The second kappa shape index (κ2) is 6.57. The third kappa shape index (κ3) is 3.02. The Hall–Kier alpha value is -1.26. The van der Waals surface area contributed by atoms with Crippen LogP contribution in [0.15, 0.2) is 18.2 Å². The third-order valence-corrected chi connectivity index (χ3v) is 6.23. The Morgan fingerprint density at radius 1 is 1.12 bits per heavy atom. The lowest BCUT2D eigenvalue weighted by molar-refractivity contribution is -0.137. The van der Waals surface area contributed by atoms with Gasteiger partial charge in [-0.3, -0.25) is 4.79 Å². The molecule has 4 rings (SSSR count). The number of piperidine rings is 1. The summed E-state index contributed by atoms with van der Waals surface area (Å²) in [5.41, 5.74) is 1.36. The molecule has 1 unspecified atom stereocenters. The molecule has 24 heavy (non-hydrogen) atoms. The summed E-state index contributed by atoms with van der Waals surface area (Å²) in [6.45, 7) is 4.08.